The number of hydrogen-bond donors (Lipinski definition) is 2. The Morgan fingerprint density at radius 2 is 2.00 bits per heavy atom. The van der Waals surface area contributed by atoms with Gasteiger partial charge >= 0.3 is 0 Å². The number of benzene rings is 1. The Labute approximate surface area is 124 Å². The van der Waals surface area contributed by atoms with E-state index in [0.29, 0.717) is 24.9 Å². The SMILES string of the molecule is OCC1(CN2CCC(Nc3ccccc3F)CC2)COC1. The summed E-state index contributed by atoms with van der Waals surface area (Å²) in [5.41, 5.74) is 0.543. The molecular weight excluding hydrogens is 271 g/mol. The van der Waals surface area contributed by atoms with Crippen LogP contribution in [-0.2, 0) is 4.74 Å². The average Bonchev–Trinajstić information content (AvgIpc) is 2.47. The first-order valence-electron chi connectivity index (χ1n) is 7.63. The van der Waals surface area contributed by atoms with Crippen LogP contribution < -0.4 is 5.32 Å². The van der Waals surface area contributed by atoms with Crippen LogP contribution in [0.4, 0.5) is 10.1 Å². The van der Waals surface area contributed by atoms with Crippen molar-refractivity contribution >= 4 is 5.69 Å². The maximum absolute atomic E-state index is 13.6. The Bertz CT molecular complexity index is 466. The quantitative estimate of drug-likeness (QED) is 0.868. The van der Waals surface area contributed by atoms with Crippen molar-refractivity contribution in [2.45, 2.75) is 18.9 Å². The zero-order valence-electron chi connectivity index (χ0n) is 12.2. The summed E-state index contributed by atoms with van der Waals surface area (Å²) in [4.78, 5) is 2.39. The second-order valence-corrected chi connectivity index (χ2v) is 6.33. The van der Waals surface area contributed by atoms with E-state index < -0.39 is 0 Å². The van der Waals surface area contributed by atoms with Crippen molar-refractivity contribution in [1.29, 1.82) is 0 Å². The van der Waals surface area contributed by atoms with Crippen LogP contribution in [-0.4, -0.2) is 55.5 Å². The summed E-state index contributed by atoms with van der Waals surface area (Å²) in [5, 5.41) is 12.8. The summed E-state index contributed by atoms with van der Waals surface area (Å²) in [7, 11) is 0. The van der Waals surface area contributed by atoms with Gasteiger partial charge in [-0.25, -0.2) is 4.39 Å². The first-order valence-corrected chi connectivity index (χ1v) is 7.63. The number of rotatable bonds is 5. The van der Waals surface area contributed by atoms with Crippen molar-refractivity contribution in [1.82, 2.24) is 4.90 Å². The van der Waals surface area contributed by atoms with Gasteiger partial charge in [0.25, 0.3) is 0 Å². The molecule has 2 N–H and O–H groups in total. The van der Waals surface area contributed by atoms with Crippen LogP contribution in [0, 0.1) is 11.2 Å². The molecule has 0 radical (unpaired) electrons. The third-order valence-corrected chi connectivity index (χ3v) is 4.53. The van der Waals surface area contributed by atoms with Crippen molar-refractivity contribution in [2.75, 3.05) is 44.8 Å². The minimum absolute atomic E-state index is 0.0498. The molecule has 0 amide bonds. The Kier molecular flexibility index (Phi) is 4.42. The van der Waals surface area contributed by atoms with Crippen molar-refractivity contribution in [3.63, 3.8) is 0 Å². The third-order valence-electron chi connectivity index (χ3n) is 4.53. The number of para-hydroxylation sites is 1. The molecule has 0 aliphatic carbocycles. The molecule has 2 heterocycles. The Hall–Kier alpha value is -1.17. The van der Waals surface area contributed by atoms with E-state index >= 15 is 0 Å². The van der Waals surface area contributed by atoms with E-state index in [-0.39, 0.29) is 17.8 Å². The van der Waals surface area contributed by atoms with Crippen LogP contribution >= 0.6 is 0 Å². The number of ether oxygens (including phenoxy) is 1. The van der Waals surface area contributed by atoms with E-state index in [1.165, 1.54) is 6.07 Å². The molecule has 0 spiro atoms. The lowest BCUT2D eigenvalue weighted by Crippen LogP contribution is -2.55. The highest BCUT2D eigenvalue weighted by Crippen LogP contribution is 2.29. The molecule has 4 nitrogen and oxygen atoms in total. The van der Waals surface area contributed by atoms with Gasteiger partial charge in [-0.05, 0) is 25.0 Å². The number of halogens is 1. The number of likely N-dealkylation sites (tertiary alicyclic amines) is 1. The van der Waals surface area contributed by atoms with Crippen molar-refractivity contribution in [3.05, 3.63) is 30.1 Å². The highest BCUT2D eigenvalue weighted by atomic mass is 19.1. The molecule has 116 valence electrons. The summed E-state index contributed by atoms with van der Waals surface area (Å²) in [6.45, 7) is 4.38. The molecule has 1 aromatic rings. The number of nitrogens with one attached hydrogen (secondary N) is 1. The summed E-state index contributed by atoms with van der Waals surface area (Å²) >= 11 is 0. The molecule has 0 aromatic heterocycles. The lowest BCUT2D eigenvalue weighted by atomic mass is 9.85. The fraction of sp³-hybridized carbons (Fsp3) is 0.625. The van der Waals surface area contributed by atoms with Crippen LogP contribution in [0.2, 0.25) is 0 Å². The minimum atomic E-state index is -0.189. The van der Waals surface area contributed by atoms with Gasteiger partial charge < -0.3 is 20.1 Å². The largest absolute Gasteiger partial charge is 0.396 e. The zero-order valence-corrected chi connectivity index (χ0v) is 12.2. The smallest absolute Gasteiger partial charge is 0.146 e. The van der Waals surface area contributed by atoms with E-state index in [0.717, 1.165) is 32.5 Å². The predicted octanol–water partition coefficient (Wildman–Crippen LogP) is 1.71. The summed E-state index contributed by atoms with van der Waals surface area (Å²) in [6, 6.07) is 7.15. The maximum atomic E-state index is 13.6. The lowest BCUT2D eigenvalue weighted by Gasteiger charge is -2.45. The predicted molar refractivity (Wildman–Crippen MR) is 79.8 cm³/mol. The number of aliphatic hydroxyl groups excluding tert-OH is 1. The van der Waals surface area contributed by atoms with E-state index in [1.807, 2.05) is 6.07 Å². The highest BCUT2D eigenvalue weighted by molar-refractivity contribution is 5.45. The van der Waals surface area contributed by atoms with Crippen LogP contribution in [0.1, 0.15) is 12.8 Å². The fourth-order valence-electron chi connectivity index (χ4n) is 3.13. The number of hydrogen-bond acceptors (Lipinski definition) is 4. The van der Waals surface area contributed by atoms with Crippen molar-refractivity contribution in [2.24, 2.45) is 5.41 Å². The standard InChI is InChI=1S/C16H23FN2O2/c17-14-3-1-2-4-15(14)18-13-5-7-19(8-6-13)9-16(10-20)11-21-12-16/h1-4,13,18,20H,5-12H2. The monoisotopic (exact) mass is 294 g/mol. The maximum Gasteiger partial charge on any atom is 0.146 e. The van der Waals surface area contributed by atoms with Gasteiger partial charge in [-0.2, -0.15) is 0 Å². The van der Waals surface area contributed by atoms with Gasteiger partial charge in [-0.15, -0.1) is 0 Å². The van der Waals surface area contributed by atoms with E-state index in [9.17, 15) is 9.50 Å². The highest BCUT2D eigenvalue weighted by Gasteiger charge is 2.40. The molecule has 0 saturated carbocycles. The molecular formula is C16H23FN2O2. The number of nitrogens with zero attached hydrogens (tertiary/aromatic N) is 1. The second-order valence-electron chi connectivity index (χ2n) is 6.33. The van der Waals surface area contributed by atoms with Gasteiger partial charge in [0.2, 0.25) is 0 Å². The van der Waals surface area contributed by atoms with Gasteiger partial charge in [0, 0.05) is 25.7 Å². The lowest BCUT2D eigenvalue weighted by molar-refractivity contribution is -0.149. The van der Waals surface area contributed by atoms with Gasteiger partial charge in [-0.1, -0.05) is 12.1 Å². The Balaban J connectivity index is 1.48. The number of aliphatic hydroxyl groups is 1. The third kappa shape index (κ3) is 3.36. The molecule has 2 saturated heterocycles. The van der Waals surface area contributed by atoms with Crippen LogP contribution in [0.15, 0.2) is 24.3 Å². The molecule has 2 aliphatic heterocycles. The van der Waals surface area contributed by atoms with E-state index in [4.69, 9.17) is 4.74 Å². The fourth-order valence-corrected chi connectivity index (χ4v) is 3.13. The Morgan fingerprint density at radius 3 is 2.57 bits per heavy atom. The number of anilines is 1. The average molecular weight is 294 g/mol. The molecule has 0 bridgehead atoms. The van der Waals surface area contributed by atoms with Gasteiger partial charge in [0.05, 0.1) is 30.9 Å². The molecule has 1 aromatic carbocycles. The molecule has 0 atom stereocenters. The zero-order chi connectivity index (χ0) is 14.7. The Morgan fingerprint density at radius 1 is 1.29 bits per heavy atom. The van der Waals surface area contributed by atoms with Crippen molar-refractivity contribution < 1.29 is 14.2 Å². The van der Waals surface area contributed by atoms with Crippen LogP contribution in [0.5, 0.6) is 0 Å². The molecule has 2 fully saturated rings. The van der Waals surface area contributed by atoms with Crippen molar-refractivity contribution in [3.8, 4) is 0 Å². The summed E-state index contributed by atoms with van der Waals surface area (Å²) in [5.74, 6) is -0.189. The first kappa shape index (κ1) is 14.8. The normalized spacial score (nSPS) is 22.8. The van der Waals surface area contributed by atoms with E-state index in [1.54, 1.807) is 12.1 Å². The molecule has 0 unspecified atom stereocenters. The second kappa shape index (κ2) is 6.30. The molecule has 5 heteroatoms. The van der Waals surface area contributed by atoms with Crippen LogP contribution in [0.25, 0.3) is 0 Å². The molecule has 21 heavy (non-hydrogen) atoms. The van der Waals surface area contributed by atoms with Gasteiger partial charge in [-0.3, -0.25) is 0 Å². The molecule has 3 rings (SSSR count). The van der Waals surface area contributed by atoms with Crippen LogP contribution in [0.3, 0.4) is 0 Å². The topological polar surface area (TPSA) is 44.7 Å². The summed E-state index contributed by atoms with van der Waals surface area (Å²) in [6.07, 6.45) is 1.99. The minimum Gasteiger partial charge on any atom is -0.396 e. The number of piperidine rings is 1. The first-order chi connectivity index (χ1) is 10.2. The van der Waals surface area contributed by atoms with E-state index in [2.05, 4.69) is 10.2 Å². The van der Waals surface area contributed by atoms with Gasteiger partial charge in [0.1, 0.15) is 5.82 Å². The summed E-state index contributed by atoms with van der Waals surface area (Å²) < 4.78 is 18.9. The molecule has 2 aliphatic rings. The van der Waals surface area contributed by atoms with Gasteiger partial charge in [0.15, 0.2) is 0 Å².